The zero-order valence-corrected chi connectivity index (χ0v) is 62.7. The molecule has 4 unspecified atom stereocenters. The fourth-order valence-corrected chi connectivity index (χ4v) is 32.0. The molecule has 0 radical (unpaired) electrons. The minimum atomic E-state index is -2.18. The first-order chi connectivity index (χ1) is 47.5. The van der Waals surface area contributed by atoms with Crippen molar-refractivity contribution in [1.82, 2.24) is 0 Å². The van der Waals surface area contributed by atoms with Crippen LogP contribution in [0, 0.1) is 41.7 Å². The third-order valence-electron chi connectivity index (χ3n) is 20.0. The van der Waals surface area contributed by atoms with Crippen LogP contribution in [0.3, 0.4) is 0 Å². The Hall–Kier alpha value is -7.28. The fourth-order valence-electron chi connectivity index (χ4n) is 15.2. The van der Waals surface area contributed by atoms with Gasteiger partial charge in [0.2, 0.25) is 0 Å². The Balaban J connectivity index is 0.000000123. The molecule has 0 aliphatic carbocycles. The maximum atomic E-state index is 6.97. The van der Waals surface area contributed by atoms with Crippen LogP contribution >= 0.6 is 0 Å². The molecule has 4 heterocycles. The van der Waals surface area contributed by atoms with Gasteiger partial charge in [-0.2, -0.15) is 0 Å². The van der Waals surface area contributed by atoms with Gasteiger partial charge in [-0.15, -0.1) is 0 Å². The quantitative estimate of drug-likeness (QED) is 0.114. The van der Waals surface area contributed by atoms with E-state index >= 15 is 0 Å². The van der Waals surface area contributed by atoms with Gasteiger partial charge < -0.3 is 17.7 Å². The van der Waals surface area contributed by atoms with Gasteiger partial charge in [0.25, 0.3) is 33.3 Å². The molecule has 12 aromatic carbocycles. The molecule has 4 atom stereocenters. The molecule has 97 heavy (non-hydrogen) atoms. The summed E-state index contributed by atoms with van der Waals surface area (Å²) in [5.74, 6) is 0. The van der Waals surface area contributed by atoms with Gasteiger partial charge >= 0.3 is 41.7 Å². The Morgan fingerprint density at radius 1 is 0.175 bits per heavy atom. The van der Waals surface area contributed by atoms with Crippen LogP contribution in [-0.2, 0) is 17.7 Å². The second kappa shape index (κ2) is 34.5. The molecule has 9 heteroatoms. The summed E-state index contributed by atoms with van der Waals surface area (Å²) >= 11 is 0. The Morgan fingerprint density at radius 2 is 0.299 bits per heavy atom. The van der Waals surface area contributed by atoms with Crippen molar-refractivity contribution in [1.29, 1.82) is 0 Å². The van der Waals surface area contributed by atoms with Crippen molar-refractivity contribution >= 4 is 74.8 Å². The van der Waals surface area contributed by atoms with Crippen LogP contribution < -0.4 is 41.5 Å². The molecule has 16 rings (SSSR count). The summed E-state index contributed by atoms with van der Waals surface area (Å²) in [6.45, 7) is 0. The first kappa shape index (κ1) is 69.6. The Bertz CT molecular complexity index is 3490. The van der Waals surface area contributed by atoms with Gasteiger partial charge in [0.15, 0.2) is 0 Å². The normalized spacial score (nSPS) is 19.5. The predicted octanol–water partition coefficient (Wildman–Crippen LogP) is 17.2. The van der Waals surface area contributed by atoms with E-state index in [4.69, 9.17) is 17.7 Å². The van der Waals surface area contributed by atoms with Crippen LogP contribution in [-0.4, -0.2) is 33.3 Å². The summed E-state index contributed by atoms with van der Waals surface area (Å²) in [7, 11) is -8.72. The average molecular weight is 1460 g/mol. The predicted molar refractivity (Wildman–Crippen MR) is 409 cm³/mol. The molecule has 0 N–H and O–H groups in total. The zero-order chi connectivity index (χ0) is 65.0. The van der Waals surface area contributed by atoms with Gasteiger partial charge in [-0.1, -0.05) is 390 Å². The molecule has 4 nitrogen and oxygen atoms in total. The third kappa shape index (κ3) is 16.6. The van der Waals surface area contributed by atoms with Crippen LogP contribution in [0.2, 0.25) is 24.2 Å². The molecule has 0 aromatic heterocycles. The van der Waals surface area contributed by atoms with Crippen LogP contribution in [0.25, 0.3) is 0 Å². The largest absolute Gasteiger partial charge is 4.00 e. The minimum absolute atomic E-state index is 0. The summed E-state index contributed by atoms with van der Waals surface area (Å²) in [5.41, 5.74) is 5.23. The van der Waals surface area contributed by atoms with Gasteiger partial charge in [0.05, 0.1) is 24.4 Å². The Morgan fingerprint density at radius 3 is 0.433 bits per heavy atom. The summed E-state index contributed by atoms with van der Waals surface area (Å²) in [6, 6.07) is 135. The standard InChI is InChI=1S/4C22H22OSi.Ce/c4*1-4-11-19(12-5-1)22-17-10-18-24(23-22,20-13-6-2-7-14-20)21-15-8-3-9-16-21;/h4*1-9,11-16,22H,10,17-18H2;/q;;;;+4. The van der Waals surface area contributed by atoms with Gasteiger partial charge in [-0.25, -0.2) is 0 Å². The summed E-state index contributed by atoms with van der Waals surface area (Å²) in [5, 5.41) is 11.1. The van der Waals surface area contributed by atoms with Crippen molar-refractivity contribution < 1.29 is 59.5 Å². The van der Waals surface area contributed by atoms with Gasteiger partial charge in [0.1, 0.15) is 0 Å². The smallest absolute Gasteiger partial charge is 0.401 e. The Kier molecular flexibility index (Phi) is 24.7. The molecule has 0 amide bonds. The summed E-state index contributed by atoms with van der Waals surface area (Å²) < 4.78 is 27.9. The summed E-state index contributed by atoms with van der Waals surface area (Å²) in [6.07, 6.45) is 10.1. The van der Waals surface area contributed by atoms with Crippen LogP contribution in [0.4, 0.5) is 0 Å². The number of rotatable bonds is 12. The first-order valence-electron chi connectivity index (χ1n) is 34.9. The number of hydrogen-bond donors (Lipinski definition) is 0. The van der Waals surface area contributed by atoms with Crippen LogP contribution in [0.1, 0.15) is 98.0 Å². The van der Waals surface area contributed by atoms with E-state index in [-0.39, 0.29) is 66.2 Å². The van der Waals surface area contributed by atoms with Crippen LogP contribution in [0.15, 0.2) is 364 Å². The molecule has 480 valence electrons. The zero-order valence-electron chi connectivity index (χ0n) is 55.6. The maximum Gasteiger partial charge on any atom is 4.00 e. The monoisotopic (exact) mass is 1460 g/mol. The maximum absolute atomic E-state index is 6.97. The summed E-state index contributed by atoms with van der Waals surface area (Å²) in [4.78, 5) is 0. The molecule has 0 saturated carbocycles. The molecule has 4 fully saturated rings. The first-order valence-corrected chi connectivity index (χ1v) is 43.4. The second-order valence-electron chi connectivity index (χ2n) is 25.9. The SMILES string of the molecule is [Ce+4].c1ccc(C2CCC[Si](c3ccccc3)(c3ccccc3)O2)cc1.c1ccc(C2CCC[Si](c3ccccc3)(c3ccccc3)O2)cc1.c1ccc(C2CCC[Si](c3ccccc3)(c3ccccc3)O2)cc1.c1ccc(C2CCC[Si](c3ccccc3)(c3ccccc3)O2)cc1. The molecular weight excluding hydrogens is 1370 g/mol. The number of hydrogen-bond acceptors (Lipinski definition) is 4. The van der Waals surface area contributed by atoms with Gasteiger partial charge in [-0.05, 0) is 114 Å². The van der Waals surface area contributed by atoms with Crippen molar-refractivity contribution in [3.63, 3.8) is 0 Å². The van der Waals surface area contributed by atoms with Crippen molar-refractivity contribution in [3.8, 4) is 0 Å². The van der Waals surface area contributed by atoms with E-state index < -0.39 is 33.3 Å². The van der Waals surface area contributed by atoms with Crippen molar-refractivity contribution in [2.24, 2.45) is 0 Å². The Labute approximate surface area is 614 Å². The third-order valence-corrected chi connectivity index (χ3v) is 37.1. The molecule has 0 spiro atoms. The van der Waals surface area contributed by atoms with E-state index in [0.29, 0.717) is 0 Å². The van der Waals surface area contributed by atoms with Crippen LogP contribution in [0.5, 0.6) is 0 Å². The average Bonchev–Trinajstić information content (AvgIpc) is 0.803. The number of benzene rings is 12. The van der Waals surface area contributed by atoms with E-state index in [2.05, 4.69) is 364 Å². The van der Waals surface area contributed by atoms with Crippen molar-refractivity contribution in [3.05, 3.63) is 386 Å². The molecule has 12 aromatic rings. The fraction of sp³-hybridized carbons (Fsp3) is 0.182. The van der Waals surface area contributed by atoms with Gasteiger partial charge in [0, 0.05) is 0 Å². The molecule has 4 aliphatic heterocycles. The molecule has 4 saturated heterocycles. The van der Waals surface area contributed by atoms with E-state index in [0.717, 1.165) is 49.9 Å². The second-order valence-corrected chi connectivity index (χ2v) is 40.1. The molecular formula is C88H88CeO4Si4+4. The minimum Gasteiger partial charge on any atom is -0.401 e. The van der Waals surface area contributed by atoms with Crippen molar-refractivity contribution in [2.75, 3.05) is 0 Å². The van der Waals surface area contributed by atoms with Gasteiger partial charge in [-0.3, -0.25) is 0 Å². The van der Waals surface area contributed by atoms with Crippen molar-refractivity contribution in [2.45, 2.75) is 100.0 Å². The molecule has 0 bridgehead atoms. The van der Waals surface area contributed by atoms with E-state index in [1.54, 1.807) is 0 Å². The topological polar surface area (TPSA) is 36.9 Å². The van der Waals surface area contributed by atoms with E-state index in [1.807, 2.05) is 0 Å². The van der Waals surface area contributed by atoms with E-state index in [9.17, 15) is 0 Å². The molecule has 4 aliphatic rings. The van der Waals surface area contributed by atoms with E-state index in [1.165, 1.54) is 89.4 Å².